The monoisotopic (exact) mass is 204 g/mol. The zero-order chi connectivity index (χ0) is 8.39. The van der Waals surface area contributed by atoms with Crippen LogP contribution >= 0.6 is 22.9 Å². The highest BCUT2D eigenvalue weighted by Gasteiger charge is 2.19. The molecule has 66 valence electrons. The van der Waals surface area contributed by atoms with Gasteiger partial charge in [-0.2, -0.15) is 0 Å². The first-order chi connectivity index (χ1) is 5.86. The lowest BCUT2D eigenvalue weighted by molar-refractivity contribution is 0.0802. The van der Waals surface area contributed by atoms with E-state index >= 15 is 0 Å². The number of ether oxygens (including phenoxy) is 1. The number of rotatable bonds is 1. The van der Waals surface area contributed by atoms with E-state index in [2.05, 4.69) is 10.2 Å². The average molecular weight is 205 g/mol. The lowest BCUT2D eigenvalue weighted by Crippen LogP contribution is -2.15. The van der Waals surface area contributed by atoms with Crippen molar-refractivity contribution in [2.45, 2.75) is 18.8 Å². The quantitative estimate of drug-likeness (QED) is 0.703. The molecular weight excluding hydrogens is 196 g/mol. The molecular formula is C7H9ClN2OS. The Morgan fingerprint density at radius 2 is 2.42 bits per heavy atom. The van der Waals surface area contributed by atoms with E-state index in [4.69, 9.17) is 16.3 Å². The molecule has 1 unspecified atom stereocenters. The summed E-state index contributed by atoms with van der Waals surface area (Å²) in [5, 5.41) is 8.78. The molecule has 0 amide bonds. The fraction of sp³-hybridized carbons (Fsp3) is 0.714. The lowest BCUT2D eigenvalue weighted by Gasteiger charge is -2.18. The van der Waals surface area contributed by atoms with Gasteiger partial charge in [0, 0.05) is 12.5 Å². The largest absolute Gasteiger partial charge is 0.381 e. The van der Waals surface area contributed by atoms with Crippen molar-refractivity contribution < 1.29 is 4.74 Å². The van der Waals surface area contributed by atoms with Gasteiger partial charge in [0.05, 0.1) is 6.61 Å². The Balaban J connectivity index is 2.08. The second-order valence-corrected chi connectivity index (χ2v) is 4.40. The lowest BCUT2D eigenvalue weighted by atomic mass is 10.0. The molecule has 0 radical (unpaired) electrons. The second kappa shape index (κ2) is 3.68. The van der Waals surface area contributed by atoms with Crippen molar-refractivity contribution in [3.8, 4) is 0 Å². The third-order valence-electron chi connectivity index (χ3n) is 1.93. The molecule has 0 aromatic carbocycles. The van der Waals surface area contributed by atoms with Gasteiger partial charge in [0.25, 0.3) is 0 Å². The van der Waals surface area contributed by atoms with Crippen molar-refractivity contribution in [2.24, 2.45) is 0 Å². The van der Waals surface area contributed by atoms with Crippen molar-refractivity contribution in [2.75, 3.05) is 13.2 Å². The van der Waals surface area contributed by atoms with Crippen molar-refractivity contribution in [1.29, 1.82) is 0 Å². The van der Waals surface area contributed by atoms with E-state index in [1.807, 2.05) is 0 Å². The Kier molecular flexibility index (Phi) is 2.58. The van der Waals surface area contributed by atoms with Gasteiger partial charge in [-0.3, -0.25) is 0 Å². The second-order valence-electron chi connectivity index (χ2n) is 2.81. The molecule has 0 saturated carbocycles. The zero-order valence-electron chi connectivity index (χ0n) is 6.49. The van der Waals surface area contributed by atoms with Gasteiger partial charge in [-0.05, 0) is 24.4 Å². The van der Waals surface area contributed by atoms with Crippen molar-refractivity contribution >= 4 is 22.9 Å². The van der Waals surface area contributed by atoms with Crippen LogP contribution in [0.3, 0.4) is 0 Å². The van der Waals surface area contributed by atoms with Crippen LogP contribution in [0.25, 0.3) is 0 Å². The normalized spacial score (nSPS) is 24.2. The summed E-state index contributed by atoms with van der Waals surface area (Å²) in [5.74, 6) is 0.420. The van der Waals surface area contributed by atoms with Crippen LogP contribution in [-0.2, 0) is 4.74 Å². The average Bonchev–Trinajstić information content (AvgIpc) is 2.54. The van der Waals surface area contributed by atoms with Crippen LogP contribution in [0.2, 0.25) is 4.47 Å². The molecule has 1 aromatic heterocycles. The summed E-state index contributed by atoms with van der Waals surface area (Å²) < 4.78 is 5.87. The Bertz CT molecular complexity index is 260. The summed E-state index contributed by atoms with van der Waals surface area (Å²) in [4.78, 5) is 0. The molecule has 2 heterocycles. The van der Waals surface area contributed by atoms with Gasteiger partial charge in [-0.1, -0.05) is 11.3 Å². The molecule has 1 aromatic rings. The Morgan fingerprint density at radius 3 is 3.00 bits per heavy atom. The van der Waals surface area contributed by atoms with Gasteiger partial charge in [0.2, 0.25) is 4.47 Å². The molecule has 1 saturated heterocycles. The van der Waals surface area contributed by atoms with E-state index < -0.39 is 0 Å². The van der Waals surface area contributed by atoms with Gasteiger partial charge >= 0.3 is 0 Å². The van der Waals surface area contributed by atoms with E-state index in [9.17, 15) is 0 Å². The van der Waals surface area contributed by atoms with Crippen LogP contribution in [0.4, 0.5) is 0 Å². The smallest absolute Gasteiger partial charge is 0.207 e. The molecule has 1 aliphatic heterocycles. The van der Waals surface area contributed by atoms with E-state index in [1.54, 1.807) is 0 Å². The summed E-state index contributed by atoms with van der Waals surface area (Å²) in [6.07, 6.45) is 2.26. The fourth-order valence-electron chi connectivity index (χ4n) is 1.32. The van der Waals surface area contributed by atoms with E-state index in [0.29, 0.717) is 10.4 Å². The molecule has 3 nitrogen and oxygen atoms in total. The van der Waals surface area contributed by atoms with Crippen LogP contribution in [-0.4, -0.2) is 23.4 Å². The minimum absolute atomic E-state index is 0.420. The number of nitrogens with zero attached hydrogens (tertiary/aromatic N) is 2. The minimum atomic E-state index is 0.420. The minimum Gasteiger partial charge on any atom is -0.381 e. The van der Waals surface area contributed by atoms with Gasteiger partial charge in [0.1, 0.15) is 5.01 Å². The Hall–Kier alpha value is -0.190. The van der Waals surface area contributed by atoms with Crippen molar-refractivity contribution in [1.82, 2.24) is 10.2 Å². The third kappa shape index (κ3) is 1.76. The first-order valence-corrected chi connectivity index (χ1v) is 5.12. The Labute approximate surface area is 79.7 Å². The first kappa shape index (κ1) is 8.41. The van der Waals surface area contributed by atoms with Crippen LogP contribution in [0.5, 0.6) is 0 Å². The van der Waals surface area contributed by atoms with Crippen molar-refractivity contribution in [3.63, 3.8) is 0 Å². The summed E-state index contributed by atoms with van der Waals surface area (Å²) in [6, 6.07) is 0. The van der Waals surface area contributed by atoms with E-state index in [-0.39, 0.29) is 0 Å². The number of aromatic nitrogens is 2. The highest BCUT2D eigenvalue weighted by Crippen LogP contribution is 2.28. The highest BCUT2D eigenvalue weighted by molar-refractivity contribution is 7.15. The fourth-order valence-corrected chi connectivity index (χ4v) is 2.28. The maximum absolute atomic E-state index is 5.68. The predicted molar refractivity (Wildman–Crippen MR) is 47.7 cm³/mol. The topological polar surface area (TPSA) is 35.0 Å². The molecule has 1 fully saturated rings. The Morgan fingerprint density at radius 1 is 1.50 bits per heavy atom. The van der Waals surface area contributed by atoms with Crippen LogP contribution in [0.1, 0.15) is 23.8 Å². The maximum Gasteiger partial charge on any atom is 0.207 e. The maximum atomic E-state index is 5.68. The molecule has 5 heteroatoms. The zero-order valence-corrected chi connectivity index (χ0v) is 8.07. The van der Waals surface area contributed by atoms with Crippen LogP contribution in [0, 0.1) is 0 Å². The van der Waals surface area contributed by atoms with Gasteiger partial charge < -0.3 is 4.74 Å². The van der Waals surface area contributed by atoms with Crippen molar-refractivity contribution in [3.05, 3.63) is 9.47 Å². The van der Waals surface area contributed by atoms with Gasteiger partial charge in [-0.25, -0.2) is 0 Å². The highest BCUT2D eigenvalue weighted by atomic mass is 35.5. The van der Waals surface area contributed by atoms with E-state index in [1.165, 1.54) is 11.3 Å². The molecule has 0 spiro atoms. The third-order valence-corrected chi connectivity index (χ3v) is 3.11. The standard InChI is InChI=1S/C7H9ClN2OS/c8-7-10-9-6(12-7)5-2-1-3-11-4-5/h5H,1-4H2. The van der Waals surface area contributed by atoms with Gasteiger partial charge in [0.15, 0.2) is 0 Å². The molecule has 0 aliphatic carbocycles. The summed E-state index contributed by atoms with van der Waals surface area (Å²) >= 11 is 7.14. The number of halogens is 1. The molecule has 1 aliphatic rings. The SMILES string of the molecule is Clc1nnc(C2CCCOC2)s1. The summed E-state index contributed by atoms with van der Waals surface area (Å²) in [7, 11) is 0. The number of hydrogen-bond acceptors (Lipinski definition) is 4. The van der Waals surface area contributed by atoms with Crippen LogP contribution < -0.4 is 0 Å². The molecule has 0 bridgehead atoms. The van der Waals surface area contributed by atoms with Crippen LogP contribution in [0.15, 0.2) is 0 Å². The molecule has 0 N–H and O–H groups in total. The molecule has 2 rings (SSSR count). The number of hydrogen-bond donors (Lipinski definition) is 0. The van der Waals surface area contributed by atoms with Gasteiger partial charge in [-0.15, -0.1) is 10.2 Å². The first-order valence-electron chi connectivity index (χ1n) is 3.93. The molecule has 1 atom stereocenters. The van der Waals surface area contributed by atoms with E-state index in [0.717, 1.165) is 31.1 Å². The molecule has 12 heavy (non-hydrogen) atoms. The predicted octanol–water partition coefficient (Wildman–Crippen LogP) is 2.09. The summed E-state index contributed by atoms with van der Waals surface area (Å²) in [6.45, 7) is 1.65. The summed E-state index contributed by atoms with van der Waals surface area (Å²) in [5.41, 5.74) is 0.